The molecule has 1 N–H and O–H groups in total. The summed E-state index contributed by atoms with van der Waals surface area (Å²) in [6, 6.07) is 9.30. The molecule has 17 heavy (non-hydrogen) atoms. The van der Waals surface area contributed by atoms with E-state index in [4.69, 9.17) is 5.11 Å². The van der Waals surface area contributed by atoms with Gasteiger partial charge in [0.15, 0.2) is 0 Å². The molecule has 0 aliphatic heterocycles. The highest BCUT2D eigenvalue weighted by Gasteiger charge is 2.07. The summed E-state index contributed by atoms with van der Waals surface area (Å²) in [5.74, 6) is -1.37. The van der Waals surface area contributed by atoms with Crippen molar-refractivity contribution in [3.63, 3.8) is 0 Å². The van der Waals surface area contributed by atoms with Crippen LogP contribution >= 0.6 is 0 Å². The Morgan fingerprint density at radius 2 is 2.06 bits per heavy atom. The predicted molar refractivity (Wildman–Crippen MR) is 61.3 cm³/mol. The maximum absolute atomic E-state index is 13.1. The average Bonchev–Trinajstić information content (AvgIpc) is 2.33. The van der Waals surface area contributed by atoms with Gasteiger partial charge in [-0.05, 0) is 42.8 Å². The van der Waals surface area contributed by atoms with E-state index in [9.17, 15) is 9.18 Å². The topological polar surface area (TPSA) is 50.2 Å². The second-order valence-electron chi connectivity index (χ2n) is 3.68. The van der Waals surface area contributed by atoms with E-state index in [1.54, 1.807) is 31.2 Å². The smallest absolute Gasteiger partial charge is 0.354 e. The van der Waals surface area contributed by atoms with Gasteiger partial charge in [0.1, 0.15) is 11.5 Å². The average molecular weight is 231 g/mol. The van der Waals surface area contributed by atoms with Crippen molar-refractivity contribution in [3.8, 4) is 11.3 Å². The van der Waals surface area contributed by atoms with Crippen LogP contribution in [0.15, 0.2) is 36.4 Å². The van der Waals surface area contributed by atoms with Gasteiger partial charge in [-0.25, -0.2) is 14.2 Å². The molecule has 0 atom stereocenters. The van der Waals surface area contributed by atoms with Crippen LogP contribution in [-0.2, 0) is 0 Å². The molecule has 0 aliphatic carbocycles. The number of carbonyl (C=O) groups is 1. The molecule has 0 bridgehead atoms. The van der Waals surface area contributed by atoms with Crippen LogP contribution in [0.3, 0.4) is 0 Å². The van der Waals surface area contributed by atoms with E-state index in [-0.39, 0.29) is 11.5 Å². The van der Waals surface area contributed by atoms with E-state index in [0.29, 0.717) is 16.8 Å². The highest BCUT2D eigenvalue weighted by atomic mass is 19.1. The number of halogens is 1. The van der Waals surface area contributed by atoms with Crippen molar-refractivity contribution < 1.29 is 14.3 Å². The van der Waals surface area contributed by atoms with E-state index in [0.717, 1.165) is 0 Å². The quantitative estimate of drug-likeness (QED) is 0.864. The molecule has 1 aromatic heterocycles. The predicted octanol–water partition coefficient (Wildman–Crippen LogP) is 2.89. The van der Waals surface area contributed by atoms with Crippen LogP contribution in [0.1, 0.15) is 16.1 Å². The van der Waals surface area contributed by atoms with Crippen LogP contribution in [0.25, 0.3) is 11.3 Å². The molecule has 0 saturated carbocycles. The lowest BCUT2D eigenvalue weighted by molar-refractivity contribution is 0.0690. The van der Waals surface area contributed by atoms with Crippen molar-refractivity contribution in [2.45, 2.75) is 6.92 Å². The number of aromatic nitrogens is 1. The monoisotopic (exact) mass is 231 g/mol. The van der Waals surface area contributed by atoms with Crippen molar-refractivity contribution in [1.29, 1.82) is 0 Å². The minimum Gasteiger partial charge on any atom is -0.477 e. The summed E-state index contributed by atoms with van der Waals surface area (Å²) in [4.78, 5) is 14.8. The summed E-state index contributed by atoms with van der Waals surface area (Å²) >= 11 is 0. The Kier molecular flexibility index (Phi) is 2.87. The number of hydrogen-bond donors (Lipinski definition) is 1. The molecule has 4 heteroatoms. The van der Waals surface area contributed by atoms with Gasteiger partial charge in [0.25, 0.3) is 0 Å². The first-order chi connectivity index (χ1) is 8.08. The van der Waals surface area contributed by atoms with Gasteiger partial charge in [-0.3, -0.25) is 0 Å². The Hall–Kier alpha value is -2.23. The molecular formula is C13H10FNO2. The minimum absolute atomic E-state index is 0.0236. The molecule has 86 valence electrons. The normalized spacial score (nSPS) is 10.2. The lowest BCUT2D eigenvalue weighted by Gasteiger charge is -2.04. The Labute approximate surface area is 97.6 Å². The van der Waals surface area contributed by atoms with E-state index in [1.165, 1.54) is 12.1 Å². The van der Waals surface area contributed by atoms with Crippen molar-refractivity contribution in [1.82, 2.24) is 4.98 Å². The summed E-state index contributed by atoms with van der Waals surface area (Å²) in [5.41, 5.74) is 1.70. The molecule has 0 spiro atoms. The van der Waals surface area contributed by atoms with Gasteiger partial charge in [-0.2, -0.15) is 0 Å². The van der Waals surface area contributed by atoms with Crippen molar-refractivity contribution in [2.75, 3.05) is 0 Å². The van der Waals surface area contributed by atoms with Crippen LogP contribution in [0.5, 0.6) is 0 Å². The number of hydrogen-bond acceptors (Lipinski definition) is 2. The zero-order valence-corrected chi connectivity index (χ0v) is 9.14. The molecule has 2 rings (SSSR count). The van der Waals surface area contributed by atoms with E-state index < -0.39 is 5.97 Å². The summed E-state index contributed by atoms with van der Waals surface area (Å²) in [6.07, 6.45) is 0. The van der Waals surface area contributed by atoms with Gasteiger partial charge in [0.05, 0.1) is 5.69 Å². The number of benzene rings is 1. The number of nitrogens with zero attached hydrogens (tertiary/aromatic N) is 1. The first-order valence-corrected chi connectivity index (χ1v) is 5.05. The fourth-order valence-electron chi connectivity index (χ4n) is 1.52. The number of aromatic carboxylic acids is 1. The molecule has 0 fully saturated rings. The molecule has 1 heterocycles. The summed E-state index contributed by atoms with van der Waals surface area (Å²) in [5, 5.41) is 8.83. The van der Waals surface area contributed by atoms with E-state index >= 15 is 0 Å². The molecule has 0 unspecified atom stereocenters. The number of carboxylic acid groups (broad SMARTS) is 1. The molecule has 3 nitrogen and oxygen atoms in total. The Morgan fingerprint density at radius 3 is 2.71 bits per heavy atom. The number of pyridine rings is 1. The Bertz CT molecular complexity index is 581. The number of carboxylic acids is 1. The van der Waals surface area contributed by atoms with Gasteiger partial charge in [-0.15, -0.1) is 0 Å². The van der Waals surface area contributed by atoms with Crippen LogP contribution in [0.2, 0.25) is 0 Å². The first kappa shape index (κ1) is 11.3. The second kappa shape index (κ2) is 4.33. The van der Waals surface area contributed by atoms with Gasteiger partial charge in [-0.1, -0.05) is 6.07 Å². The third-order valence-electron chi connectivity index (χ3n) is 2.42. The number of rotatable bonds is 2. The molecule has 2 aromatic rings. The van der Waals surface area contributed by atoms with Crippen LogP contribution in [0, 0.1) is 12.7 Å². The standard InChI is InChI=1S/C13H10FNO2/c1-8-7-9(5-6-10(8)14)11-3-2-4-12(15-11)13(16)17/h2-7H,1H3,(H,16,17). The minimum atomic E-state index is -1.08. The Morgan fingerprint density at radius 1 is 1.29 bits per heavy atom. The Balaban J connectivity index is 2.49. The SMILES string of the molecule is Cc1cc(-c2cccc(C(=O)O)n2)ccc1F. The maximum Gasteiger partial charge on any atom is 0.354 e. The highest BCUT2D eigenvalue weighted by molar-refractivity contribution is 5.86. The third kappa shape index (κ3) is 2.30. The highest BCUT2D eigenvalue weighted by Crippen LogP contribution is 2.20. The van der Waals surface area contributed by atoms with Gasteiger partial charge >= 0.3 is 5.97 Å². The summed E-state index contributed by atoms with van der Waals surface area (Å²) in [6.45, 7) is 1.65. The summed E-state index contributed by atoms with van der Waals surface area (Å²) in [7, 11) is 0. The van der Waals surface area contributed by atoms with Crippen LogP contribution in [0.4, 0.5) is 4.39 Å². The lowest BCUT2D eigenvalue weighted by atomic mass is 10.1. The lowest BCUT2D eigenvalue weighted by Crippen LogP contribution is -2.00. The van der Waals surface area contributed by atoms with Gasteiger partial charge < -0.3 is 5.11 Å². The van der Waals surface area contributed by atoms with Crippen molar-refractivity contribution in [2.24, 2.45) is 0 Å². The largest absolute Gasteiger partial charge is 0.477 e. The van der Waals surface area contributed by atoms with E-state index in [1.807, 2.05) is 0 Å². The van der Waals surface area contributed by atoms with Crippen LogP contribution in [-0.4, -0.2) is 16.1 Å². The van der Waals surface area contributed by atoms with Crippen LogP contribution < -0.4 is 0 Å². The van der Waals surface area contributed by atoms with E-state index in [2.05, 4.69) is 4.98 Å². The first-order valence-electron chi connectivity index (χ1n) is 5.05. The maximum atomic E-state index is 13.1. The molecular weight excluding hydrogens is 221 g/mol. The number of aryl methyl sites for hydroxylation is 1. The fraction of sp³-hybridized carbons (Fsp3) is 0.0769. The van der Waals surface area contributed by atoms with Gasteiger partial charge in [0, 0.05) is 5.56 Å². The zero-order valence-electron chi connectivity index (χ0n) is 9.14. The summed E-state index contributed by atoms with van der Waals surface area (Å²) < 4.78 is 13.1. The third-order valence-corrected chi connectivity index (χ3v) is 2.42. The second-order valence-corrected chi connectivity index (χ2v) is 3.68. The fourth-order valence-corrected chi connectivity index (χ4v) is 1.52. The van der Waals surface area contributed by atoms with Crippen molar-refractivity contribution >= 4 is 5.97 Å². The molecule has 0 saturated heterocycles. The molecule has 0 radical (unpaired) electrons. The molecule has 1 aromatic carbocycles. The zero-order chi connectivity index (χ0) is 12.4. The van der Waals surface area contributed by atoms with Crippen molar-refractivity contribution in [3.05, 3.63) is 53.5 Å². The molecule has 0 amide bonds. The van der Waals surface area contributed by atoms with Gasteiger partial charge in [0.2, 0.25) is 0 Å². The molecule has 0 aliphatic rings.